The Morgan fingerprint density at radius 1 is 1.25 bits per heavy atom. The van der Waals surface area contributed by atoms with Crippen molar-refractivity contribution in [3.8, 4) is 0 Å². The first-order chi connectivity index (χ1) is 7.65. The van der Waals surface area contributed by atoms with E-state index in [2.05, 4.69) is 31.1 Å². The highest BCUT2D eigenvalue weighted by molar-refractivity contribution is 5.14. The summed E-state index contributed by atoms with van der Waals surface area (Å²) in [5.74, 6) is 0.559. The molecule has 2 atom stereocenters. The summed E-state index contributed by atoms with van der Waals surface area (Å²) in [6, 6.07) is 4.79. The third-order valence-electron chi connectivity index (χ3n) is 2.82. The van der Waals surface area contributed by atoms with E-state index in [1.54, 1.807) is 7.11 Å². The summed E-state index contributed by atoms with van der Waals surface area (Å²) in [6.45, 7) is 7.32. The monoisotopic (exact) mass is 222 g/mol. The van der Waals surface area contributed by atoms with Crippen LogP contribution in [0.3, 0.4) is 0 Å². The Kier molecular flexibility index (Phi) is 5.43. The number of nitrogens with zero attached hydrogens (tertiary/aromatic N) is 1. The molecule has 0 radical (unpaired) electrons. The number of methoxy groups -OCH3 is 1. The second kappa shape index (κ2) is 6.61. The molecule has 0 amide bonds. The Balaban J connectivity index is 2.58. The van der Waals surface area contributed by atoms with Gasteiger partial charge in [0.1, 0.15) is 0 Å². The first kappa shape index (κ1) is 13.1. The Labute approximate surface area is 98.2 Å². The molecule has 0 aliphatic rings. The van der Waals surface area contributed by atoms with E-state index >= 15 is 0 Å². The van der Waals surface area contributed by atoms with E-state index < -0.39 is 0 Å². The van der Waals surface area contributed by atoms with Crippen molar-refractivity contribution in [3.05, 3.63) is 30.1 Å². The third-order valence-corrected chi connectivity index (χ3v) is 2.82. The summed E-state index contributed by atoms with van der Waals surface area (Å²) in [4.78, 5) is 4.03. The van der Waals surface area contributed by atoms with Gasteiger partial charge in [-0.2, -0.15) is 0 Å². The van der Waals surface area contributed by atoms with Crippen molar-refractivity contribution in [3.63, 3.8) is 0 Å². The van der Waals surface area contributed by atoms with Crippen LogP contribution in [0.15, 0.2) is 24.5 Å². The second-order valence-electron chi connectivity index (χ2n) is 4.47. The molecule has 1 aromatic rings. The summed E-state index contributed by atoms with van der Waals surface area (Å²) >= 11 is 0. The molecule has 1 heterocycles. The van der Waals surface area contributed by atoms with E-state index in [0.29, 0.717) is 18.0 Å². The zero-order valence-electron chi connectivity index (χ0n) is 10.6. The highest BCUT2D eigenvalue weighted by Crippen LogP contribution is 2.14. The lowest BCUT2D eigenvalue weighted by Gasteiger charge is -2.26. The van der Waals surface area contributed by atoms with Crippen LogP contribution in [0.4, 0.5) is 0 Å². The Bertz CT molecular complexity index is 287. The van der Waals surface area contributed by atoms with Crippen molar-refractivity contribution in [2.75, 3.05) is 13.7 Å². The molecule has 90 valence electrons. The van der Waals surface area contributed by atoms with Crippen molar-refractivity contribution < 1.29 is 4.74 Å². The van der Waals surface area contributed by atoms with Crippen LogP contribution in [0.25, 0.3) is 0 Å². The number of hydrogen-bond donors (Lipinski definition) is 1. The van der Waals surface area contributed by atoms with Gasteiger partial charge in [0, 0.05) is 31.6 Å². The summed E-state index contributed by atoms with van der Waals surface area (Å²) in [5, 5.41) is 3.58. The first-order valence-electron chi connectivity index (χ1n) is 5.80. The van der Waals surface area contributed by atoms with Gasteiger partial charge in [-0.3, -0.25) is 4.98 Å². The fourth-order valence-electron chi connectivity index (χ4n) is 1.68. The van der Waals surface area contributed by atoms with Gasteiger partial charge >= 0.3 is 0 Å². The molecule has 0 spiro atoms. The SMILES string of the molecule is COCC(NC(C)c1ccncc1)C(C)C. The molecule has 16 heavy (non-hydrogen) atoms. The highest BCUT2D eigenvalue weighted by Gasteiger charge is 2.16. The number of nitrogens with one attached hydrogen (secondary N) is 1. The zero-order chi connectivity index (χ0) is 12.0. The highest BCUT2D eigenvalue weighted by atomic mass is 16.5. The largest absolute Gasteiger partial charge is 0.383 e. The minimum absolute atomic E-state index is 0.325. The maximum atomic E-state index is 5.23. The molecule has 1 rings (SSSR count). The van der Waals surface area contributed by atoms with Crippen molar-refractivity contribution in [1.29, 1.82) is 0 Å². The maximum absolute atomic E-state index is 5.23. The lowest BCUT2D eigenvalue weighted by Crippen LogP contribution is -2.39. The van der Waals surface area contributed by atoms with Gasteiger partial charge in [0.15, 0.2) is 0 Å². The standard InChI is InChI=1S/C13H22N2O/c1-10(2)13(9-16-4)15-11(3)12-5-7-14-8-6-12/h5-8,10-11,13,15H,9H2,1-4H3. The summed E-state index contributed by atoms with van der Waals surface area (Å²) in [6.07, 6.45) is 3.66. The van der Waals surface area contributed by atoms with Gasteiger partial charge in [0.2, 0.25) is 0 Å². The predicted molar refractivity (Wildman–Crippen MR) is 66.3 cm³/mol. The smallest absolute Gasteiger partial charge is 0.0618 e. The van der Waals surface area contributed by atoms with Gasteiger partial charge in [-0.1, -0.05) is 13.8 Å². The Morgan fingerprint density at radius 3 is 2.38 bits per heavy atom. The van der Waals surface area contributed by atoms with Crippen LogP contribution in [0.2, 0.25) is 0 Å². The molecule has 0 aliphatic heterocycles. The molecule has 0 bridgehead atoms. The molecule has 2 unspecified atom stereocenters. The lowest BCUT2D eigenvalue weighted by molar-refractivity contribution is 0.141. The third kappa shape index (κ3) is 3.91. The molecular formula is C13H22N2O. The lowest BCUT2D eigenvalue weighted by atomic mass is 10.0. The predicted octanol–water partition coefficient (Wildman–Crippen LogP) is 2.40. The quantitative estimate of drug-likeness (QED) is 0.802. The van der Waals surface area contributed by atoms with Gasteiger partial charge in [-0.05, 0) is 30.5 Å². The van der Waals surface area contributed by atoms with Gasteiger partial charge in [0.25, 0.3) is 0 Å². The molecule has 0 aliphatic carbocycles. The normalized spacial score (nSPS) is 15.1. The number of pyridine rings is 1. The Hall–Kier alpha value is -0.930. The van der Waals surface area contributed by atoms with Crippen molar-refractivity contribution in [2.24, 2.45) is 5.92 Å². The van der Waals surface area contributed by atoms with E-state index in [4.69, 9.17) is 4.74 Å². The average Bonchev–Trinajstić information content (AvgIpc) is 2.29. The number of ether oxygens (including phenoxy) is 1. The molecule has 0 saturated heterocycles. The molecule has 3 heteroatoms. The molecule has 3 nitrogen and oxygen atoms in total. The van der Waals surface area contributed by atoms with E-state index in [1.807, 2.05) is 24.5 Å². The topological polar surface area (TPSA) is 34.1 Å². The van der Waals surface area contributed by atoms with Crippen molar-refractivity contribution >= 4 is 0 Å². The molecule has 1 N–H and O–H groups in total. The average molecular weight is 222 g/mol. The second-order valence-corrected chi connectivity index (χ2v) is 4.47. The minimum Gasteiger partial charge on any atom is -0.383 e. The zero-order valence-corrected chi connectivity index (χ0v) is 10.6. The summed E-state index contributed by atoms with van der Waals surface area (Å²) in [7, 11) is 1.74. The van der Waals surface area contributed by atoms with Gasteiger partial charge in [0.05, 0.1) is 6.61 Å². The molecule has 1 aromatic heterocycles. The minimum atomic E-state index is 0.325. The number of rotatable bonds is 6. The first-order valence-corrected chi connectivity index (χ1v) is 5.80. The van der Waals surface area contributed by atoms with Crippen LogP contribution in [-0.2, 0) is 4.74 Å². The Morgan fingerprint density at radius 2 is 1.88 bits per heavy atom. The maximum Gasteiger partial charge on any atom is 0.0618 e. The fourth-order valence-corrected chi connectivity index (χ4v) is 1.68. The van der Waals surface area contributed by atoms with Crippen LogP contribution < -0.4 is 5.32 Å². The van der Waals surface area contributed by atoms with Crippen LogP contribution in [0, 0.1) is 5.92 Å². The van der Waals surface area contributed by atoms with Gasteiger partial charge in [-0.15, -0.1) is 0 Å². The molecule has 0 aromatic carbocycles. The van der Waals surface area contributed by atoms with Crippen molar-refractivity contribution in [2.45, 2.75) is 32.9 Å². The van der Waals surface area contributed by atoms with E-state index in [1.165, 1.54) is 5.56 Å². The molecular weight excluding hydrogens is 200 g/mol. The van der Waals surface area contributed by atoms with Gasteiger partial charge < -0.3 is 10.1 Å². The van der Waals surface area contributed by atoms with Crippen molar-refractivity contribution in [1.82, 2.24) is 10.3 Å². The summed E-state index contributed by atoms with van der Waals surface area (Å²) in [5.41, 5.74) is 1.26. The van der Waals surface area contributed by atoms with E-state index in [-0.39, 0.29) is 0 Å². The fraction of sp³-hybridized carbons (Fsp3) is 0.615. The van der Waals surface area contributed by atoms with Gasteiger partial charge in [-0.25, -0.2) is 0 Å². The van der Waals surface area contributed by atoms with Crippen LogP contribution in [-0.4, -0.2) is 24.7 Å². The van der Waals surface area contributed by atoms with Crippen LogP contribution in [0.5, 0.6) is 0 Å². The van der Waals surface area contributed by atoms with Crippen LogP contribution in [0.1, 0.15) is 32.4 Å². The molecule has 0 saturated carbocycles. The van der Waals surface area contributed by atoms with E-state index in [0.717, 1.165) is 6.61 Å². The van der Waals surface area contributed by atoms with Crippen LogP contribution >= 0.6 is 0 Å². The number of hydrogen-bond acceptors (Lipinski definition) is 3. The number of aromatic nitrogens is 1. The molecule has 0 fully saturated rings. The summed E-state index contributed by atoms with van der Waals surface area (Å²) < 4.78 is 5.23. The van der Waals surface area contributed by atoms with E-state index in [9.17, 15) is 0 Å².